The molecule has 8 heteroatoms. The van der Waals surface area contributed by atoms with E-state index >= 15 is 0 Å². The van der Waals surface area contributed by atoms with Crippen molar-refractivity contribution in [2.24, 2.45) is 10.9 Å². The highest BCUT2D eigenvalue weighted by atomic mass is 127. The molecule has 1 aliphatic heterocycles. The number of aromatic nitrogens is 3. The lowest BCUT2D eigenvalue weighted by Crippen LogP contribution is -2.48. The van der Waals surface area contributed by atoms with E-state index in [1.54, 1.807) is 6.33 Å². The minimum absolute atomic E-state index is 0. The van der Waals surface area contributed by atoms with Gasteiger partial charge >= 0.3 is 0 Å². The summed E-state index contributed by atoms with van der Waals surface area (Å²) >= 11 is 3.56. The number of hydrogen-bond donors (Lipinski definition) is 2. The van der Waals surface area contributed by atoms with Crippen LogP contribution in [0.3, 0.4) is 0 Å². The average molecular weight is 547 g/mol. The zero-order valence-corrected chi connectivity index (χ0v) is 19.8. The maximum absolute atomic E-state index is 4.39. The number of nitrogens with zero attached hydrogens (tertiary/aromatic N) is 4. The lowest BCUT2D eigenvalue weighted by Gasteiger charge is -2.26. The first-order valence-electron chi connectivity index (χ1n) is 9.26. The molecule has 0 amide bonds. The minimum Gasteiger partial charge on any atom is -0.356 e. The number of fused-ring (bicyclic) bond motifs is 1. The van der Waals surface area contributed by atoms with Gasteiger partial charge in [-0.05, 0) is 36.5 Å². The number of rotatable bonds is 6. The molecular weight excluding hydrogens is 519 g/mol. The second-order valence-electron chi connectivity index (χ2n) is 6.80. The van der Waals surface area contributed by atoms with Gasteiger partial charge in [-0.2, -0.15) is 5.10 Å². The van der Waals surface area contributed by atoms with Crippen LogP contribution in [0.25, 0.3) is 0 Å². The van der Waals surface area contributed by atoms with Crippen molar-refractivity contribution in [3.8, 4) is 0 Å². The van der Waals surface area contributed by atoms with E-state index in [9.17, 15) is 0 Å². The standard InChI is InChI=1S/C19H27BrN6.HI/c1-3-14(9-15-5-4-6-16(20)10-15)11-22-19(21-2)25-17-7-8-18-23-13-24-26(18)12-17;/h4-6,10,13-14,17H,3,7-9,11-12H2,1-2H3,(H2,21,22,25);1H. The predicted molar refractivity (Wildman–Crippen MR) is 124 cm³/mol. The summed E-state index contributed by atoms with van der Waals surface area (Å²) in [5, 5.41) is 11.3. The molecule has 6 nitrogen and oxygen atoms in total. The van der Waals surface area contributed by atoms with Gasteiger partial charge in [-0.3, -0.25) is 4.99 Å². The van der Waals surface area contributed by atoms with Crippen molar-refractivity contribution in [1.29, 1.82) is 0 Å². The second kappa shape index (κ2) is 11.0. The molecule has 2 atom stereocenters. The van der Waals surface area contributed by atoms with Crippen LogP contribution in [0, 0.1) is 5.92 Å². The molecule has 27 heavy (non-hydrogen) atoms. The normalized spacial score (nSPS) is 17.6. The molecule has 1 aromatic heterocycles. The van der Waals surface area contributed by atoms with Gasteiger partial charge in [-0.25, -0.2) is 9.67 Å². The third-order valence-electron chi connectivity index (χ3n) is 4.92. The molecule has 3 rings (SSSR count). The highest BCUT2D eigenvalue weighted by Gasteiger charge is 2.20. The fraction of sp³-hybridized carbons (Fsp3) is 0.526. The summed E-state index contributed by atoms with van der Waals surface area (Å²) in [6.45, 7) is 3.99. The van der Waals surface area contributed by atoms with E-state index in [2.05, 4.69) is 72.8 Å². The van der Waals surface area contributed by atoms with E-state index < -0.39 is 0 Å². The number of aliphatic imine (C=N–C) groups is 1. The molecule has 0 fully saturated rings. The summed E-state index contributed by atoms with van der Waals surface area (Å²) in [6.07, 6.45) is 5.83. The third kappa shape index (κ3) is 6.44. The molecule has 0 saturated carbocycles. The Labute approximate surface area is 186 Å². The summed E-state index contributed by atoms with van der Waals surface area (Å²) in [4.78, 5) is 8.68. The molecule has 0 bridgehead atoms. The minimum atomic E-state index is 0. The molecule has 1 aromatic carbocycles. The van der Waals surface area contributed by atoms with Crippen LogP contribution in [0.5, 0.6) is 0 Å². The van der Waals surface area contributed by atoms with Crippen molar-refractivity contribution in [2.45, 2.75) is 45.2 Å². The molecule has 0 saturated heterocycles. The van der Waals surface area contributed by atoms with Crippen LogP contribution in [0.4, 0.5) is 0 Å². The molecule has 2 N–H and O–H groups in total. The first kappa shape index (κ1) is 22.1. The Bertz CT molecular complexity index is 747. The Morgan fingerprint density at radius 2 is 2.30 bits per heavy atom. The van der Waals surface area contributed by atoms with Crippen LogP contribution in [0.1, 0.15) is 31.2 Å². The van der Waals surface area contributed by atoms with Crippen molar-refractivity contribution in [2.75, 3.05) is 13.6 Å². The topological polar surface area (TPSA) is 67.1 Å². The Hall–Kier alpha value is -1.16. The largest absolute Gasteiger partial charge is 0.356 e. The van der Waals surface area contributed by atoms with E-state index in [-0.39, 0.29) is 24.0 Å². The fourth-order valence-corrected chi connectivity index (χ4v) is 3.79. The van der Waals surface area contributed by atoms with Gasteiger partial charge in [0.2, 0.25) is 0 Å². The highest BCUT2D eigenvalue weighted by molar-refractivity contribution is 14.0. The van der Waals surface area contributed by atoms with E-state index in [4.69, 9.17) is 0 Å². The summed E-state index contributed by atoms with van der Waals surface area (Å²) in [5.41, 5.74) is 1.36. The van der Waals surface area contributed by atoms with Crippen LogP contribution >= 0.6 is 39.9 Å². The van der Waals surface area contributed by atoms with Gasteiger partial charge in [0.25, 0.3) is 0 Å². The van der Waals surface area contributed by atoms with Crippen LogP contribution in [0.15, 0.2) is 40.1 Å². The number of aryl methyl sites for hydroxylation is 1. The zero-order valence-electron chi connectivity index (χ0n) is 15.9. The summed E-state index contributed by atoms with van der Waals surface area (Å²) in [7, 11) is 1.83. The SMILES string of the molecule is CCC(CNC(=NC)NC1CCc2ncnn2C1)Cc1cccc(Br)c1.I. The summed E-state index contributed by atoms with van der Waals surface area (Å²) < 4.78 is 3.12. The molecule has 0 spiro atoms. The molecule has 2 heterocycles. The number of nitrogens with one attached hydrogen (secondary N) is 2. The summed E-state index contributed by atoms with van der Waals surface area (Å²) in [5.74, 6) is 2.51. The number of halogens is 2. The summed E-state index contributed by atoms with van der Waals surface area (Å²) in [6, 6.07) is 8.90. The van der Waals surface area contributed by atoms with Crippen LogP contribution in [-0.4, -0.2) is 40.4 Å². The fourth-order valence-electron chi connectivity index (χ4n) is 3.34. The molecule has 2 unspecified atom stereocenters. The molecule has 0 radical (unpaired) electrons. The van der Waals surface area contributed by atoms with Gasteiger partial charge in [-0.15, -0.1) is 24.0 Å². The Morgan fingerprint density at radius 3 is 3.04 bits per heavy atom. The number of benzene rings is 1. The third-order valence-corrected chi connectivity index (χ3v) is 5.41. The maximum Gasteiger partial charge on any atom is 0.191 e. The zero-order chi connectivity index (χ0) is 18.4. The number of guanidine groups is 1. The lowest BCUT2D eigenvalue weighted by atomic mass is 9.97. The quantitative estimate of drug-likeness (QED) is 0.331. The first-order valence-corrected chi connectivity index (χ1v) is 10.1. The van der Waals surface area contributed by atoms with Crippen LogP contribution in [0.2, 0.25) is 0 Å². The lowest BCUT2D eigenvalue weighted by molar-refractivity contribution is 0.390. The predicted octanol–water partition coefficient (Wildman–Crippen LogP) is 3.41. The van der Waals surface area contributed by atoms with Crippen molar-refractivity contribution < 1.29 is 0 Å². The van der Waals surface area contributed by atoms with E-state index in [0.29, 0.717) is 12.0 Å². The molecule has 148 valence electrons. The van der Waals surface area contributed by atoms with Crippen molar-refractivity contribution in [3.05, 3.63) is 46.5 Å². The Morgan fingerprint density at radius 1 is 1.44 bits per heavy atom. The smallest absolute Gasteiger partial charge is 0.191 e. The number of hydrogen-bond acceptors (Lipinski definition) is 3. The Kier molecular flexibility index (Phi) is 9.01. The highest BCUT2D eigenvalue weighted by Crippen LogP contribution is 2.16. The van der Waals surface area contributed by atoms with E-state index in [0.717, 1.165) is 55.0 Å². The first-order chi connectivity index (χ1) is 12.7. The van der Waals surface area contributed by atoms with E-state index in [1.165, 1.54) is 5.56 Å². The van der Waals surface area contributed by atoms with Gasteiger partial charge in [0.15, 0.2) is 5.96 Å². The van der Waals surface area contributed by atoms with Crippen LogP contribution in [-0.2, 0) is 19.4 Å². The van der Waals surface area contributed by atoms with Crippen LogP contribution < -0.4 is 10.6 Å². The average Bonchev–Trinajstić information content (AvgIpc) is 3.11. The molecule has 1 aliphatic rings. The van der Waals surface area contributed by atoms with Gasteiger partial charge in [-0.1, -0.05) is 41.4 Å². The monoisotopic (exact) mass is 546 g/mol. The molecule has 2 aromatic rings. The van der Waals surface area contributed by atoms with Gasteiger partial charge in [0.05, 0.1) is 6.54 Å². The molecular formula is C19H28BrIN6. The van der Waals surface area contributed by atoms with Gasteiger partial charge < -0.3 is 10.6 Å². The maximum atomic E-state index is 4.39. The van der Waals surface area contributed by atoms with Crippen molar-refractivity contribution in [1.82, 2.24) is 25.4 Å². The van der Waals surface area contributed by atoms with Crippen molar-refractivity contribution in [3.63, 3.8) is 0 Å². The van der Waals surface area contributed by atoms with Crippen molar-refractivity contribution >= 4 is 45.9 Å². The van der Waals surface area contributed by atoms with E-state index in [1.807, 2.05) is 11.7 Å². The van der Waals surface area contributed by atoms with Gasteiger partial charge in [0.1, 0.15) is 12.2 Å². The van der Waals surface area contributed by atoms with Gasteiger partial charge in [0, 0.05) is 30.5 Å². The Balaban J connectivity index is 0.00000261. The molecule has 0 aliphatic carbocycles. The second-order valence-corrected chi connectivity index (χ2v) is 7.72.